The minimum Gasteiger partial charge on any atom is -0.462 e. The molecule has 0 bridgehead atoms. The van der Waals surface area contributed by atoms with Gasteiger partial charge in [0.05, 0.1) is 0 Å². The van der Waals surface area contributed by atoms with Crippen molar-refractivity contribution in [2.45, 2.75) is 159 Å². The summed E-state index contributed by atoms with van der Waals surface area (Å²) >= 11 is 8.61. The Bertz CT molecular complexity index is 771. The van der Waals surface area contributed by atoms with Crippen LogP contribution in [0.5, 0.6) is 0 Å². The van der Waals surface area contributed by atoms with Crippen molar-refractivity contribution in [3.05, 3.63) is 0 Å². The Morgan fingerprint density at radius 2 is 1.70 bits per heavy atom. The maximum absolute atomic E-state index is 12.6. The summed E-state index contributed by atoms with van der Waals surface area (Å²) in [6.07, 6.45) is 21.8. The van der Waals surface area contributed by atoms with Gasteiger partial charge in [0.25, 0.3) is 0 Å². The van der Waals surface area contributed by atoms with E-state index in [-0.39, 0.29) is 21.8 Å². The molecule has 37 heavy (non-hydrogen) atoms. The topological polar surface area (TPSA) is 26.3 Å². The van der Waals surface area contributed by atoms with Gasteiger partial charge in [-0.15, -0.1) is 0 Å². The maximum Gasteiger partial charge on any atom is 0.306 e. The highest BCUT2D eigenvalue weighted by Crippen LogP contribution is 2.71. The van der Waals surface area contributed by atoms with E-state index in [9.17, 15) is 4.79 Å². The van der Waals surface area contributed by atoms with Gasteiger partial charge in [0.15, 0.2) is 0 Å². The molecule has 4 heteroatoms. The van der Waals surface area contributed by atoms with Crippen molar-refractivity contribution in [1.82, 2.24) is 0 Å². The molecule has 0 aliphatic heterocycles. The predicted octanol–water partition coefficient (Wildman–Crippen LogP) is 10.6. The van der Waals surface area contributed by atoms with Crippen LogP contribution in [0.1, 0.15) is 144 Å². The SMILES string of the molecule is CCCCCCCCC1CCC2C3CC(Br)C4(Br)CC(OC(=O)CC(C)CC)CCC4(C)C3CCC12C. The number of carbonyl (C=O) groups is 1. The Balaban J connectivity index is 1.40. The van der Waals surface area contributed by atoms with E-state index >= 15 is 0 Å². The number of carbonyl (C=O) groups excluding carboxylic acids is 1. The van der Waals surface area contributed by atoms with Crippen molar-refractivity contribution in [1.29, 1.82) is 0 Å². The average Bonchev–Trinajstić information content (AvgIpc) is 3.19. The van der Waals surface area contributed by atoms with Crippen LogP contribution >= 0.6 is 31.9 Å². The zero-order valence-electron chi connectivity index (χ0n) is 24.6. The molecular weight excluding hydrogens is 588 g/mol. The van der Waals surface area contributed by atoms with E-state index < -0.39 is 0 Å². The molecule has 0 aromatic carbocycles. The zero-order chi connectivity index (χ0) is 26.8. The van der Waals surface area contributed by atoms with Gasteiger partial charge in [-0.3, -0.25) is 4.79 Å². The first kappa shape index (κ1) is 30.4. The summed E-state index contributed by atoms with van der Waals surface area (Å²) in [5, 5.41) is 0. The number of hydrogen-bond donors (Lipinski definition) is 0. The second kappa shape index (κ2) is 12.5. The zero-order valence-corrected chi connectivity index (χ0v) is 27.8. The lowest BCUT2D eigenvalue weighted by atomic mass is 9.44. The molecule has 4 rings (SSSR count). The van der Waals surface area contributed by atoms with E-state index in [1.807, 2.05) is 0 Å². The van der Waals surface area contributed by atoms with Crippen molar-refractivity contribution in [2.75, 3.05) is 0 Å². The monoisotopic (exact) mass is 642 g/mol. The molecule has 4 fully saturated rings. The lowest BCUT2D eigenvalue weighted by molar-refractivity contribution is -0.158. The number of rotatable bonds is 11. The second-order valence-corrected chi connectivity index (χ2v) is 16.8. The Morgan fingerprint density at radius 1 is 0.973 bits per heavy atom. The quantitative estimate of drug-likeness (QED) is 0.127. The summed E-state index contributed by atoms with van der Waals surface area (Å²) < 4.78 is 6.10. The molecule has 4 aliphatic carbocycles. The van der Waals surface area contributed by atoms with E-state index in [4.69, 9.17) is 4.74 Å². The molecule has 4 saturated carbocycles. The maximum atomic E-state index is 12.6. The van der Waals surface area contributed by atoms with Gasteiger partial charge in [-0.2, -0.15) is 0 Å². The van der Waals surface area contributed by atoms with Gasteiger partial charge in [-0.25, -0.2) is 0 Å². The van der Waals surface area contributed by atoms with Gasteiger partial charge in [-0.1, -0.05) is 111 Å². The molecule has 0 saturated heterocycles. The van der Waals surface area contributed by atoms with Gasteiger partial charge >= 0.3 is 5.97 Å². The fourth-order valence-corrected chi connectivity index (χ4v) is 11.8. The van der Waals surface area contributed by atoms with Crippen LogP contribution in [-0.4, -0.2) is 21.2 Å². The van der Waals surface area contributed by atoms with Crippen LogP contribution in [0.2, 0.25) is 0 Å². The van der Waals surface area contributed by atoms with Crippen LogP contribution in [0.4, 0.5) is 0 Å². The third-order valence-electron chi connectivity index (χ3n) is 12.3. The number of hydrogen-bond acceptors (Lipinski definition) is 2. The highest BCUT2D eigenvalue weighted by molar-refractivity contribution is 9.12. The molecule has 0 heterocycles. The van der Waals surface area contributed by atoms with Crippen LogP contribution < -0.4 is 0 Å². The molecule has 10 unspecified atom stereocenters. The van der Waals surface area contributed by atoms with Crippen molar-refractivity contribution < 1.29 is 9.53 Å². The summed E-state index contributed by atoms with van der Waals surface area (Å²) in [7, 11) is 0. The molecule has 0 N–H and O–H groups in total. The average molecular weight is 645 g/mol. The van der Waals surface area contributed by atoms with Crippen LogP contribution in [-0.2, 0) is 9.53 Å². The first-order chi connectivity index (χ1) is 17.6. The van der Waals surface area contributed by atoms with Gasteiger partial charge in [0.2, 0.25) is 0 Å². The number of ether oxygens (including phenoxy) is 1. The molecule has 4 aliphatic rings. The molecular formula is C33H56Br2O2. The minimum atomic E-state index is 0.00894. The number of alkyl halides is 2. The van der Waals surface area contributed by atoms with E-state index in [0.717, 1.165) is 42.9 Å². The highest BCUT2D eigenvalue weighted by Gasteiger charge is 2.66. The number of halogens is 2. The Labute approximate surface area is 245 Å². The minimum absolute atomic E-state index is 0.00894. The first-order valence-electron chi connectivity index (χ1n) is 16.1. The van der Waals surface area contributed by atoms with E-state index in [1.54, 1.807) is 0 Å². The summed E-state index contributed by atoms with van der Waals surface area (Å²) in [6, 6.07) is 0. The molecule has 0 aromatic heterocycles. The summed E-state index contributed by atoms with van der Waals surface area (Å²) in [5.74, 6) is 3.90. The van der Waals surface area contributed by atoms with Crippen molar-refractivity contribution in [2.24, 2.45) is 40.4 Å². The van der Waals surface area contributed by atoms with Crippen LogP contribution in [0.15, 0.2) is 0 Å². The normalized spacial score (nSPS) is 44.0. The lowest BCUT2D eigenvalue weighted by Crippen LogP contribution is -2.64. The molecule has 0 aromatic rings. The number of esters is 1. The third kappa shape index (κ3) is 5.92. The van der Waals surface area contributed by atoms with Crippen molar-refractivity contribution in [3.8, 4) is 0 Å². The summed E-state index contributed by atoms with van der Waals surface area (Å²) in [6.45, 7) is 11.9. The molecule has 0 radical (unpaired) electrons. The Hall–Kier alpha value is 0.430. The molecule has 214 valence electrons. The summed E-state index contributed by atoms with van der Waals surface area (Å²) in [4.78, 5) is 13.1. The fraction of sp³-hybridized carbons (Fsp3) is 0.970. The van der Waals surface area contributed by atoms with Crippen molar-refractivity contribution in [3.63, 3.8) is 0 Å². The Morgan fingerprint density at radius 3 is 2.43 bits per heavy atom. The number of fused-ring (bicyclic) bond motifs is 5. The third-order valence-corrected chi connectivity index (χ3v) is 15.9. The molecule has 2 nitrogen and oxygen atoms in total. The smallest absolute Gasteiger partial charge is 0.306 e. The number of unbranched alkanes of at least 4 members (excludes halogenated alkanes) is 5. The van der Waals surface area contributed by atoms with Crippen LogP contribution in [0, 0.1) is 40.4 Å². The highest BCUT2D eigenvalue weighted by atomic mass is 79.9. The van der Waals surface area contributed by atoms with Crippen molar-refractivity contribution >= 4 is 37.8 Å². The van der Waals surface area contributed by atoms with E-state index in [2.05, 4.69) is 66.5 Å². The molecule has 0 spiro atoms. The predicted molar refractivity (Wildman–Crippen MR) is 163 cm³/mol. The van der Waals surface area contributed by atoms with Gasteiger partial charge < -0.3 is 4.74 Å². The fourth-order valence-electron chi connectivity index (χ4n) is 9.66. The largest absolute Gasteiger partial charge is 0.462 e. The molecule has 0 amide bonds. The van der Waals surface area contributed by atoms with Crippen LogP contribution in [0.3, 0.4) is 0 Å². The molecule has 10 atom stereocenters. The Kier molecular flexibility index (Phi) is 10.3. The lowest BCUT2D eigenvalue weighted by Gasteiger charge is -2.65. The standard InChI is InChI=1S/C33H56Br2O2/c1-6-8-9-10-11-12-13-24-14-15-27-26-21-29(34)33(35)22-25(37-30(36)20-23(3)7-2)16-19-32(33,5)28(26)17-18-31(24,27)4/h23-29H,6-22H2,1-5H3. The van der Waals surface area contributed by atoms with E-state index in [0.29, 0.717) is 22.6 Å². The van der Waals surface area contributed by atoms with E-state index in [1.165, 1.54) is 83.5 Å². The summed E-state index contributed by atoms with van der Waals surface area (Å²) in [5.41, 5.74) is 0.824. The second-order valence-electron chi connectivity index (χ2n) is 14.3. The first-order valence-corrected chi connectivity index (χ1v) is 17.8. The van der Waals surface area contributed by atoms with Gasteiger partial charge in [0, 0.05) is 22.0 Å². The van der Waals surface area contributed by atoms with Crippen LogP contribution in [0.25, 0.3) is 0 Å². The van der Waals surface area contributed by atoms with Gasteiger partial charge in [0.1, 0.15) is 6.10 Å². The van der Waals surface area contributed by atoms with Gasteiger partial charge in [-0.05, 0) is 91.8 Å².